The Morgan fingerprint density at radius 2 is 2.10 bits per heavy atom. The molecule has 0 atom stereocenters. The predicted octanol–water partition coefficient (Wildman–Crippen LogP) is 3.55. The smallest absolute Gasteiger partial charge is 0.278 e. The zero-order valence-electron chi connectivity index (χ0n) is 11.8. The summed E-state index contributed by atoms with van der Waals surface area (Å²) in [5.41, 5.74) is 3.09. The minimum atomic E-state index is -0.254. The first-order chi connectivity index (χ1) is 9.94. The molecule has 0 spiro atoms. The quantitative estimate of drug-likeness (QED) is 0.785. The van der Waals surface area contributed by atoms with Gasteiger partial charge in [-0.3, -0.25) is 14.8 Å². The van der Waals surface area contributed by atoms with Crippen LogP contribution < -0.4 is 5.32 Å². The Bertz CT molecular complexity index is 852. The van der Waals surface area contributed by atoms with Gasteiger partial charge in [0.05, 0.1) is 10.2 Å². The highest BCUT2D eigenvalue weighted by molar-refractivity contribution is 7.22. The number of carbonyl (C=O) groups is 1. The van der Waals surface area contributed by atoms with E-state index in [0.29, 0.717) is 15.8 Å². The minimum Gasteiger partial charge on any atom is -0.296 e. The SMILES string of the molecule is Cc1cn(C)nc1C(=O)Nc1nc2c(C)cc(Cl)cc2s1. The summed E-state index contributed by atoms with van der Waals surface area (Å²) < 4.78 is 2.57. The summed E-state index contributed by atoms with van der Waals surface area (Å²) in [7, 11) is 1.78. The highest BCUT2D eigenvalue weighted by Crippen LogP contribution is 2.31. The van der Waals surface area contributed by atoms with Gasteiger partial charge in [0.1, 0.15) is 0 Å². The second kappa shape index (κ2) is 5.13. The van der Waals surface area contributed by atoms with Crippen molar-refractivity contribution in [3.05, 3.63) is 40.2 Å². The molecule has 0 saturated carbocycles. The molecule has 108 valence electrons. The molecule has 0 aliphatic rings. The summed E-state index contributed by atoms with van der Waals surface area (Å²) in [6.07, 6.45) is 1.80. The number of benzene rings is 1. The number of hydrogen-bond acceptors (Lipinski definition) is 4. The Kier molecular flexibility index (Phi) is 3.43. The summed E-state index contributed by atoms with van der Waals surface area (Å²) in [6, 6.07) is 3.71. The topological polar surface area (TPSA) is 59.8 Å². The van der Waals surface area contributed by atoms with Crippen molar-refractivity contribution in [1.29, 1.82) is 0 Å². The number of rotatable bonds is 2. The molecular weight excluding hydrogens is 308 g/mol. The highest BCUT2D eigenvalue weighted by atomic mass is 35.5. The van der Waals surface area contributed by atoms with E-state index in [-0.39, 0.29) is 5.91 Å². The third-order valence-corrected chi connectivity index (χ3v) is 4.23. The van der Waals surface area contributed by atoms with Crippen molar-refractivity contribution in [2.45, 2.75) is 13.8 Å². The standard InChI is InChI=1S/C14H13ClN4OS/c1-7-4-9(15)5-10-11(7)16-14(21-10)17-13(20)12-8(2)6-19(3)18-12/h4-6H,1-3H3,(H,16,17,20). The Balaban J connectivity index is 1.93. The van der Waals surface area contributed by atoms with Crippen LogP contribution in [0.25, 0.3) is 10.2 Å². The first-order valence-electron chi connectivity index (χ1n) is 6.32. The van der Waals surface area contributed by atoms with Crippen LogP contribution in [-0.4, -0.2) is 20.7 Å². The number of aryl methyl sites for hydroxylation is 3. The van der Waals surface area contributed by atoms with Crippen molar-refractivity contribution in [2.75, 3.05) is 5.32 Å². The lowest BCUT2D eigenvalue weighted by Crippen LogP contribution is -2.13. The average Bonchev–Trinajstić information content (AvgIpc) is 2.92. The zero-order chi connectivity index (χ0) is 15.1. The molecule has 0 unspecified atom stereocenters. The fraction of sp³-hybridized carbons (Fsp3) is 0.214. The Morgan fingerprint density at radius 1 is 1.33 bits per heavy atom. The number of hydrogen-bond donors (Lipinski definition) is 1. The average molecular weight is 321 g/mol. The Morgan fingerprint density at radius 3 is 2.76 bits per heavy atom. The van der Waals surface area contributed by atoms with Crippen LogP contribution in [0.2, 0.25) is 5.02 Å². The molecule has 7 heteroatoms. The van der Waals surface area contributed by atoms with Gasteiger partial charge in [0.15, 0.2) is 10.8 Å². The summed E-state index contributed by atoms with van der Waals surface area (Å²) in [5, 5.41) is 8.17. The van der Waals surface area contributed by atoms with Crippen LogP contribution >= 0.6 is 22.9 Å². The summed E-state index contributed by atoms with van der Waals surface area (Å²) >= 11 is 7.44. The van der Waals surface area contributed by atoms with Gasteiger partial charge in [0.2, 0.25) is 0 Å². The molecule has 0 aliphatic heterocycles. The monoisotopic (exact) mass is 320 g/mol. The van der Waals surface area contributed by atoms with Crippen LogP contribution in [0.15, 0.2) is 18.3 Å². The number of anilines is 1. The molecule has 0 bridgehead atoms. The van der Waals surface area contributed by atoms with Gasteiger partial charge in [-0.25, -0.2) is 4.98 Å². The minimum absolute atomic E-state index is 0.254. The van der Waals surface area contributed by atoms with Crippen LogP contribution in [0.4, 0.5) is 5.13 Å². The zero-order valence-corrected chi connectivity index (χ0v) is 13.3. The molecular formula is C14H13ClN4OS. The largest absolute Gasteiger partial charge is 0.296 e. The highest BCUT2D eigenvalue weighted by Gasteiger charge is 2.16. The molecule has 0 aliphatic carbocycles. The van der Waals surface area contributed by atoms with Crippen molar-refractivity contribution >= 4 is 44.2 Å². The number of nitrogens with one attached hydrogen (secondary N) is 1. The Labute approximate surface area is 130 Å². The molecule has 3 rings (SSSR count). The van der Waals surface area contributed by atoms with E-state index in [9.17, 15) is 4.79 Å². The fourth-order valence-electron chi connectivity index (χ4n) is 2.20. The van der Waals surface area contributed by atoms with E-state index < -0.39 is 0 Å². The van der Waals surface area contributed by atoms with Crippen molar-refractivity contribution < 1.29 is 4.79 Å². The molecule has 1 N–H and O–H groups in total. The molecule has 0 saturated heterocycles. The van der Waals surface area contributed by atoms with E-state index in [1.54, 1.807) is 17.9 Å². The van der Waals surface area contributed by atoms with E-state index in [4.69, 9.17) is 11.6 Å². The lowest BCUT2D eigenvalue weighted by atomic mass is 10.2. The third-order valence-electron chi connectivity index (χ3n) is 3.10. The molecule has 1 amide bonds. The molecule has 3 aromatic rings. The maximum Gasteiger partial charge on any atom is 0.278 e. The second-order valence-electron chi connectivity index (χ2n) is 4.88. The van der Waals surface area contributed by atoms with Crippen LogP contribution in [0.1, 0.15) is 21.6 Å². The number of nitrogens with zero attached hydrogens (tertiary/aromatic N) is 3. The number of halogens is 1. The maximum absolute atomic E-state index is 12.2. The van der Waals surface area contributed by atoms with Gasteiger partial charge in [0, 0.05) is 23.8 Å². The van der Waals surface area contributed by atoms with Crippen molar-refractivity contribution in [2.24, 2.45) is 7.05 Å². The molecule has 2 aromatic heterocycles. The van der Waals surface area contributed by atoms with Crippen LogP contribution in [-0.2, 0) is 7.05 Å². The molecule has 2 heterocycles. The first-order valence-corrected chi connectivity index (χ1v) is 7.52. The van der Waals surface area contributed by atoms with Gasteiger partial charge < -0.3 is 0 Å². The van der Waals surface area contributed by atoms with Gasteiger partial charge in [0.25, 0.3) is 5.91 Å². The normalized spacial score (nSPS) is 11.0. The van der Waals surface area contributed by atoms with Gasteiger partial charge >= 0.3 is 0 Å². The number of aromatic nitrogens is 3. The Hall–Kier alpha value is -1.92. The van der Waals surface area contributed by atoms with Crippen LogP contribution in [0.5, 0.6) is 0 Å². The third kappa shape index (κ3) is 2.64. The first kappa shape index (κ1) is 14.0. The van der Waals surface area contributed by atoms with Crippen molar-refractivity contribution in [3.8, 4) is 0 Å². The number of amides is 1. The van der Waals surface area contributed by atoms with Crippen molar-refractivity contribution in [3.63, 3.8) is 0 Å². The number of fused-ring (bicyclic) bond motifs is 1. The fourth-order valence-corrected chi connectivity index (χ4v) is 3.51. The van der Waals surface area contributed by atoms with Gasteiger partial charge in [-0.2, -0.15) is 5.10 Å². The number of carbonyl (C=O) groups excluding carboxylic acids is 1. The number of thiazole rings is 1. The summed E-state index contributed by atoms with van der Waals surface area (Å²) in [5.74, 6) is -0.254. The lowest BCUT2D eigenvalue weighted by Gasteiger charge is -1.98. The van der Waals surface area contributed by atoms with E-state index in [1.807, 2.05) is 26.0 Å². The van der Waals surface area contributed by atoms with Crippen LogP contribution in [0, 0.1) is 13.8 Å². The molecule has 21 heavy (non-hydrogen) atoms. The predicted molar refractivity (Wildman–Crippen MR) is 85.3 cm³/mol. The summed E-state index contributed by atoms with van der Waals surface area (Å²) in [6.45, 7) is 3.80. The molecule has 1 aromatic carbocycles. The summed E-state index contributed by atoms with van der Waals surface area (Å²) in [4.78, 5) is 16.7. The van der Waals surface area contributed by atoms with Gasteiger partial charge in [-0.1, -0.05) is 22.9 Å². The van der Waals surface area contributed by atoms with Gasteiger partial charge in [-0.05, 0) is 31.5 Å². The van der Waals surface area contributed by atoms with E-state index in [2.05, 4.69) is 15.4 Å². The molecule has 0 radical (unpaired) electrons. The molecule has 0 fully saturated rings. The van der Waals surface area contributed by atoms with Gasteiger partial charge in [-0.15, -0.1) is 0 Å². The van der Waals surface area contributed by atoms with Crippen LogP contribution in [0.3, 0.4) is 0 Å². The lowest BCUT2D eigenvalue weighted by molar-refractivity contribution is 0.102. The maximum atomic E-state index is 12.2. The van der Waals surface area contributed by atoms with E-state index in [1.165, 1.54) is 11.3 Å². The second-order valence-corrected chi connectivity index (χ2v) is 6.34. The van der Waals surface area contributed by atoms with E-state index in [0.717, 1.165) is 21.3 Å². The van der Waals surface area contributed by atoms with Crippen molar-refractivity contribution in [1.82, 2.24) is 14.8 Å². The van der Waals surface area contributed by atoms with E-state index >= 15 is 0 Å². The molecule has 5 nitrogen and oxygen atoms in total.